The molecule has 112 valence electrons. The average molecular weight is 272 g/mol. The zero-order valence-corrected chi connectivity index (χ0v) is 13.2. The van der Waals surface area contributed by atoms with Gasteiger partial charge in [-0.3, -0.25) is 0 Å². The molecule has 0 radical (unpaired) electrons. The van der Waals surface area contributed by atoms with Gasteiger partial charge in [0.2, 0.25) is 0 Å². The molecule has 0 unspecified atom stereocenters. The molecule has 0 spiro atoms. The molecule has 3 rings (SSSR count). The molecule has 2 fully saturated rings. The Morgan fingerprint density at radius 2 is 0.850 bits per heavy atom. The van der Waals surface area contributed by atoms with E-state index >= 15 is 0 Å². The maximum absolute atomic E-state index is 3.63. The van der Waals surface area contributed by atoms with Gasteiger partial charge < -0.3 is 0 Å². The summed E-state index contributed by atoms with van der Waals surface area (Å²) in [6.07, 6.45) is 19.8. The van der Waals surface area contributed by atoms with Gasteiger partial charge >= 0.3 is 0 Å². The van der Waals surface area contributed by atoms with E-state index in [1.54, 1.807) is 0 Å². The van der Waals surface area contributed by atoms with Crippen molar-refractivity contribution in [1.29, 1.82) is 0 Å². The Morgan fingerprint density at radius 1 is 0.550 bits per heavy atom. The van der Waals surface area contributed by atoms with Gasteiger partial charge in [-0.15, -0.1) is 0 Å². The van der Waals surface area contributed by atoms with Gasteiger partial charge in [-0.25, -0.2) is 0 Å². The number of benzene rings is 1. The molecule has 2 aliphatic carbocycles. The predicted molar refractivity (Wildman–Crippen MR) is 91.9 cm³/mol. The van der Waals surface area contributed by atoms with Crippen LogP contribution in [-0.4, -0.2) is 0 Å². The quantitative estimate of drug-likeness (QED) is 0.515. The van der Waals surface area contributed by atoms with Crippen LogP contribution >= 0.6 is 0 Å². The minimum Gasteiger partial charge on any atom is -0.0985 e. The minimum absolute atomic E-state index is 1.17. The van der Waals surface area contributed by atoms with Crippen LogP contribution in [0.1, 0.15) is 82.6 Å². The third kappa shape index (κ3) is 9.83. The monoisotopic (exact) mass is 272 g/mol. The van der Waals surface area contributed by atoms with Crippen molar-refractivity contribution in [3.63, 3.8) is 0 Å². The molecule has 0 atom stereocenters. The third-order valence-corrected chi connectivity index (χ3v) is 4.04. The maximum atomic E-state index is 3.63. The van der Waals surface area contributed by atoms with Crippen molar-refractivity contribution in [1.82, 2.24) is 0 Å². The first-order valence-corrected chi connectivity index (χ1v) is 8.61. The first-order chi connectivity index (χ1) is 9.93. The highest BCUT2D eigenvalue weighted by atomic mass is 14.0. The summed E-state index contributed by atoms with van der Waals surface area (Å²) in [4.78, 5) is 0. The highest BCUT2D eigenvalue weighted by molar-refractivity contribution is 5.45. The summed E-state index contributed by atoms with van der Waals surface area (Å²) in [6.45, 7) is 3.63. The Kier molecular flexibility index (Phi) is 11.0. The summed E-state index contributed by atoms with van der Waals surface area (Å²) in [5.74, 6) is 0. The normalized spacial score (nSPS) is 17.8. The van der Waals surface area contributed by atoms with E-state index in [1.165, 1.54) is 82.6 Å². The molecule has 2 aliphatic rings. The van der Waals surface area contributed by atoms with E-state index in [-0.39, 0.29) is 0 Å². The summed E-state index contributed by atoms with van der Waals surface area (Å²) in [6, 6.07) is 10.0. The second-order valence-corrected chi connectivity index (χ2v) is 5.86. The molecule has 20 heavy (non-hydrogen) atoms. The molecule has 1 aromatic rings. The molecular formula is C20H32. The van der Waals surface area contributed by atoms with E-state index < -0.39 is 0 Å². The molecule has 0 heterocycles. The van der Waals surface area contributed by atoms with Crippen LogP contribution < -0.4 is 0 Å². The summed E-state index contributed by atoms with van der Waals surface area (Å²) >= 11 is 0. The predicted octanol–water partition coefficient (Wildman–Crippen LogP) is 7.01. The smallest absolute Gasteiger partial charge is 0.0263 e. The van der Waals surface area contributed by atoms with Crippen molar-refractivity contribution >= 4 is 6.08 Å². The van der Waals surface area contributed by atoms with Gasteiger partial charge in [0, 0.05) is 0 Å². The second kappa shape index (κ2) is 13.0. The topological polar surface area (TPSA) is 0 Å². The molecule has 0 aromatic heterocycles. The highest BCUT2D eigenvalue weighted by Crippen LogP contribution is 2.15. The standard InChI is InChI=1S/C8H8.2C6H12/c1-2-8-6-4-3-5-7-8;2*1-2-4-6-5-3-1/h2-7H,1H2;2*1-6H2. The van der Waals surface area contributed by atoms with Crippen molar-refractivity contribution < 1.29 is 0 Å². The molecule has 2 saturated carbocycles. The molecule has 0 aliphatic heterocycles. The Labute approximate surface area is 126 Å². The lowest BCUT2D eigenvalue weighted by molar-refractivity contribution is 0.504. The third-order valence-electron chi connectivity index (χ3n) is 4.04. The first-order valence-electron chi connectivity index (χ1n) is 8.61. The summed E-state index contributed by atoms with van der Waals surface area (Å²) in [5.41, 5.74) is 1.17. The molecule has 0 bridgehead atoms. The number of hydrogen-bond donors (Lipinski definition) is 0. The van der Waals surface area contributed by atoms with Crippen LogP contribution in [0.4, 0.5) is 0 Å². The SMILES string of the molecule is C1CCCCC1.C1CCCCC1.C=Cc1ccccc1. The van der Waals surface area contributed by atoms with Gasteiger partial charge in [0.15, 0.2) is 0 Å². The van der Waals surface area contributed by atoms with Gasteiger partial charge in [-0.1, -0.05) is 120 Å². The van der Waals surface area contributed by atoms with E-state index in [2.05, 4.69) is 6.58 Å². The summed E-state index contributed by atoms with van der Waals surface area (Å²) in [7, 11) is 0. The van der Waals surface area contributed by atoms with Crippen LogP contribution in [0, 0.1) is 0 Å². The summed E-state index contributed by atoms with van der Waals surface area (Å²) in [5, 5.41) is 0. The maximum Gasteiger partial charge on any atom is -0.0263 e. The van der Waals surface area contributed by atoms with E-state index in [4.69, 9.17) is 0 Å². The van der Waals surface area contributed by atoms with E-state index in [1.807, 2.05) is 36.4 Å². The zero-order chi connectivity index (χ0) is 14.3. The van der Waals surface area contributed by atoms with Crippen molar-refractivity contribution in [3.05, 3.63) is 42.5 Å². The van der Waals surface area contributed by atoms with Gasteiger partial charge in [-0.05, 0) is 5.56 Å². The van der Waals surface area contributed by atoms with Gasteiger partial charge in [-0.2, -0.15) is 0 Å². The molecule has 1 aromatic carbocycles. The van der Waals surface area contributed by atoms with E-state index in [0.29, 0.717) is 0 Å². The fourth-order valence-electron chi connectivity index (χ4n) is 2.71. The van der Waals surface area contributed by atoms with E-state index in [9.17, 15) is 0 Å². The molecule has 0 nitrogen and oxygen atoms in total. The highest BCUT2D eigenvalue weighted by Gasteiger charge is 1.96. The molecule has 0 saturated heterocycles. The van der Waals surface area contributed by atoms with Crippen molar-refractivity contribution in [2.75, 3.05) is 0 Å². The molecule has 0 N–H and O–H groups in total. The number of hydrogen-bond acceptors (Lipinski definition) is 0. The lowest BCUT2D eigenvalue weighted by Crippen LogP contribution is -1.85. The molecular weight excluding hydrogens is 240 g/mol. The Hall–Kier alpha value is -1.04. The fourth-order valence-corrected chi connectivity index (χ4v) is 2.71. The Balaban J connectivity index is 0.000000152. The Morgan fingerprint density at radius 3 is 1.05 bits per heavy atom. The van der Waals surface area contributed by atoms with Crippen LogP contribution in [0.15, 0.2) is 36.9 Å². The lowest BCUT2D eigenvalue weighted by Gasteiger charge is -2.05. The van der Waals surface area contributed by atoms with E-state index in [0.717, 1.165) is 0 Å². The van der Waals surface area contributed by atoms with Gasteiger partial charge in [0.25, 0.3) is 0 Å². The van der Waals surface area contributed by atoms with Crippen LogP contribution in [0.5, 0.6) is 0 Å². The fraction of sp³-hybridized carbons (Fsp3) is 0.600. The Bertz CT molecular complexity index is 269. The van der Waals surface area contributed by atoms with Crippen LogP contribution in [0.3, 0.4) is 0 Å². The summed E-state index contributed by atoms with van der Waals surface area (Å²) < 4.78 is 0. The lowest BCUT2D eigenvalue weighted by atomic mass is 10.0. The zero-order valence-electron chi connectivity index (χ0n) is 13.2. The molecule has 0 amide bonds. The largest absolute Gasteiger partial charge is 0.0985 e. The van der Waals surface area contributed by atoms with Gasteiger partial charge in [0.1, 0.15) is 0 Å². The van der Waals surface area contributed by atoms with Crippen molar-refractivity contribution in [3.8, 4) is 0 Å². The first kappa shape index (κ1) is 17.0. The second-order valence-electron chi connectivity index (χ2n) is 5.86. The van der Waals surface area contributed by atoms with Crippen molar-refractivity contribution in [2.45, 2.75) is 77.0 Å². The van der Waals surface area contributed by atoms with Crippen LogP contribution in [-0.2, 0) is 0 Å². The minimum atomic E-state index is 1.17. The number of rotatable bonds is 1. The molecule has 0 heteroatoms. The van der Waals surface area contributed by atoms with Gasteiger partial charge in [0.05, 0.1) is 0 Å². The van der Waals surface area contributed by atoms with Crippen molar-refractivity contribution in [2.24, 2.45) is 0 Å². The average Bonchev–Trinajstić information content (AvgIpc) is 2.60. The van der Waals surface area contributed by atoms with Crippen LogP contribution in [0.2, 0.25) is 0 Å². The van der Waals surface area contributed by atoms with Crippen LogP contribution in [0.25, 0.3) is 6.08 Å².